The Kier molecular flexibility index (Phi) is 3.67. The van der Waals surface area contributed by atoms with Gasteiger partial charge in [-0.3, -0.25) is 4.79 Å². The topological polar surface area (TPSA) is 44.9 Å². The Morgan fingerprint density at radius 1 is 1.21 bits per heavy atom. The summed E-state index contributed by atoms with van der Waals surface area (Å²) in [5, 5.41) is 3.34. The third kappa shape index (κ3) is 3.38. The van der Waals surface area contributed by atoms with Crippen LogP contribution in [0, 0.1) is 0 Å². The van der Waals surface area contributed by atoms with Crippen molar-refractivity contribution in [2.75, 3.05) is 5.32 Å². The van der Waals surface area contributed by atoms with Gasteiger partial charge < -0.3 is 10.3 Å². The first kappa shape index (κ1) is 13.7. The molecule has 0 spiro atoms. The lowest BCUT2D eigenvalue weighted by Crippen LogP contribution is -2.13. The van der Waals surface area contributed by atoms with Gasteiger partial charge in [0.15, 0.2) is 0 Å². The molecule has 0 saturated heterocycles. The monoisotopic (exact) mass is 276 g/mol. The van der Waals surface area contributed by atoms with Crippen LogP contribution >= 0.6 is 11.6 Å². The van der Waals surface area contributed by atoms with E-state index in [4.69, 9.17) is 11.6 Å². The van der Waals surface area contributed by atoms with Crippen molar-refractivity contribution >= 4 is 23.2 Å². The maximum absolute atomic E-state index is 11.9. The number of aromatic amines is 1. The summed E-state index contributed by atoms with van der Waals surface area (Å²) in [5.74, 6) is -0.199. The molecule has 1 aromatic carbocycles. The van der Waals surface area contributed by atoms with Crippen LogP contribution in [0.15, 0.2) is 36.5 Å². The van der Waals surface area contributed by atoms with E-state index in [0.717, 1.165) is 5.69 Å². The third-order valence-corrected chi connectivity index (χ3v) is 3.12. The SMILES string of the molecule is CC(C)(C)c1ccc(NC(=O)c2cc(Cl)c[nH]2)cc1. The van der Waals surface area contributed by atoms with Crippen molar-refractivity contribution in [3.63, 3.8) is 0 Å². The lowest BCUT2D eigenvalue weighted by Gasteiger charge is -2.19. The molecule has 0 unspecified atom stereocenters. The van der Waals surface area contributed by atoms with Crippen LogP contribution in [0.4, 0.5) is 5.69 Å². The Bertz CT molecular complexity index is 579. The summed E-state index contributed by atoms with van der Waals surface area (Å²) in [4.78, 5) is 14.7. The summed E-state index contributed by atoms with van der Waals surface area (Å²) in [6.07, 6.45) is 1.58. The normalized spacial score (nSPS) is 11.4. The highest BCUT2D eigenvalue weighted by molar-refractivity contribution is 6.31. The molecule has 1 amide bonds. The Hall–Kier alpha value is -1.74. The third-order valence-electron chi connectivity index (χ3n) is 2.90. The van der Waals surface area contributed by atoms with E-state index >= 15 is 0 Å². The van der Waals surface area contributed by atoms with Gasteiger partial charge in [-0.15, -0.1) is 0 Å². The molecule has 19 heavy (non-hydrogen) atoms. The van der Waals surface area contributed by atoms with E-state index in [2.05, 4.69) is 31.1 Å². The van der Waals surface area contributed by atoms with Gasteiger partial charge in [-0.25, -0.2) is 0 Å². The molecule has 2 rings (SSSR count). The molecule has 0 bridgehead atoms. The van der Waals surface area contributed by atoms with Crippen LogP contribution in [0.5, 0.6) is 0 Å². The highest BCUT2D eigenvalue weighted by Crippen LogP contribution is 2.23. The smallest absolute Gasteiger partial charge is 0.272 e. The molecule has 0 radical (unpaired) electrons. The fourth-order valence-electron chi connectivity index (χ4n) is 1.75. The Labute approximate surface area is 118 Å². The van der Waals surface area contributed by atoms with Crippen molar-refractivity contribution in [3.05, 3.63) is 52.8 Å². The number of hydrogen-bond acceptors (Lipinski definition) is 1. The molecule has 0 aliphatic rings. The number of aromatic nitrogens is 1. The maximum Gasteiger partial charge on any atom is 0.272 e. The van der Waals surface area contributed by atoms with Gasteiger partial charge in [-0.1, -0.05) is 44.5 Å². The molecule has 0 saturated carbocycles. The summed E-state index contributed by atoms with van der Waals surface area (Å²) in [5.41, 5.74) is 2.55. The van der Waals surface area contributed by atoms with E-state index in [1.807, 2.05) is 24.3 Å². The second kappa shape index (κ2) is 5.10. The first-order chi connectivity index (χ1) is 8.86. The van der Waals surface area contributed by atoms with Gasteiger partial charge in [0.2, 0.25) is 0 Å². The van der Waals surface area contributed by atoms with E-state index in [9.17, 15) is 4.79 Å². The lowest BCUT2D eigenvalue weighted by molar-refractivity contribution is 0.102. The van der Waals surface area contributed by atoms with E-state index < -0.39 is 0 Å². The molecule has 0 atom stereocenters. The number of rotatable bonds is 2. The molecule has 4 heteroatoms. The van der Waals surface area contributed by atoms with Crippen molar-refractivity contribution in [2.45, 2.75) is 26.2 Å². The number of H-pyrrole nitrogens is 1. The molecule has 0 fully saturated rings. The number of carbonyl (C=O) groups excluding carboxylic acids is 1. The summed E-state index contributed by atoms with van der Waals surface area (Å²) in [6, 6.07) is 9.46. The maximum atomic E-state index is 11.9. The van der Waals surface area contributed by atoms with Gasteiger partial charge in [-0.2, -0.15) is 0 Å². The van der Waals surface area contributed by atoms with Crippen LogP contribution in [0.3, 0.4) is 0 Å². The average molecular weight is 277 g/mol. The van der Waals surface area contributed by atoms with Crippen LogP contribution in [0.1, 0.15) is 36.8 Å². The van der Waals surface area contributed by atoms with Crippen LogP contribution in [0.2, 0.25) is 5.02 Å². The minimum Gasteiger partial charge on any atom is -0.356 e. The Balaban J connectivity index is 2.10. The second-order valence-corrected chi connectivity index (χ2v) is 5.95. The summed E-state index contributed by atoms with van der Waals surface area (Å²) < 4.78 is 0. The van der Waals surface area contributed by atoms with Crippen LogP contribution in [0.25, 0.3) is 0 Å². The molecule has 0 aliphatic heterocycles. The summed E-state index contributed by atoms with van der Waals surface area (Å²) in [6.45, 7) is 6.46. The van der Waals surface area contributed by atoms with Crippen molar-refractivity contribution in [3.8, 4) is 0 Å². The number of amides is 1. The number of hydrogen-bond donors (Lipinski definition) is 2. The second-order valence-electron chi connectivity index (χ2n) is 5.51. The molecule has 2 aromatic rings. The van der Waals surface area contributed by atoms with Gasteiger partial charge in [0.25, 0.3) is 5.91 Å². The molecular formula is C15H17ClN2O. The minimum absolute atomic E-state index is 0.107. The van der Waals surface area contributed by atoms with Crippen molar-refractivity contribution < 1.29 is 4.79 Å². The van der Waals surface area contributed by atoms with E-state index in [-0.39, 0.29) is 11.3 Å². The predicted octanol–water partition coefficient (Wildman–Crippen LogP) is 4.22. The molecule has 100 valence electrons. The minimum atomic E-state index is -0.199. The first-order valence-electron chi connectivity index (χ1n) is 6.12. The van der Waals surface area contributed by atoms with E-state index in [1.165, 1.54) is 5.56 Å². The molecule has 0 aliphatic carbocycles. The van der Waals surface area contributed by atoms with Gasteiger partial charge in [0.1, 0.15) is 5.69 Å². The molecule has 3 nitrogen and oxygen atoms in total. The molecule has 2 N–H and O–H groups in total. The number of anilines is 1. The number of carbonyl (C=O) groups is 1. The standard InChI is InChI=1S/C15H17ClN2O/c1-15(2,3)10-4-6-12(7-5-10)18-14(19)13-8-11(16)9-17-13/h4-9,17H,1-3H3,(H,18,19). The van der Waals surface area contributed by atoms with E-state index in [1.54, 1.807) is 12.3 Å². The largest absolute Gasteiger partial charge is 0.356 e. The Morgan fingerprint density at radius 3 is 2.32 bits per heavy atom. The van der Waals surface area contributed by atoms with Crippen LogP contribution in [-0.4, -0.2) is 10.9 Å². The number of halogens is 1. The zero-order valence-electron chi connectivity index (χ0n) is 11.3. The quantitative estimate of drug-likeness (QED) is 0.847. The number of nitrogens with one attached hydrogen (secondary N) is 2. The van der Waals surface area contributed by atoms with Gasteiger partial charge >= 0.3 is 0 Å². The highest BCUT2D eigenvalue weighted by Gasteiger charge is 2.13. The van der Waals surface area contributed by atoms with Crippen molar-refractivity contribution in [1.29, 1.82) is 0 Å². The number of benzene rings is 1. The van der Waals surface area contributed by atoms with Crippen LogP contribution in [-0.2, 0) is 5.41 Å². The van der Waals surface area contributed by atoms with Gasteiger partial charge in [-0.05, 0) is 29.2 Å². The summed E-state index contributed by atoms with van der Waals surface area (Å²) >= 11 is 5.77. The van der Waals surface area contributed by atoms with Crippen molar-refractivity contribution in [2.24, 2.45) is 0 Å². The molecular weight excluding hydrogens is 260 g/mol. The fraction of sp³-hybridized carbons (Fsp3) is 0.267. The van der Waals surface area contributed by atoms with Crippen molar-refractivity contribution in [1.82, 2.24) is 4.98 Å². The Morgan fingerprint density at radius 2 is 1.84 bits per heavy atom. The van der Waals surface area contributed by atoms with E-state index in [0.29, 0.717) is 10.7 Å². The lowest BCUT2D eigenvalue weighted by atomic mass is 9.87. The zero-order chi connectivity index (χ0) is 14.0. The highest BCUT2D eigenvalue weighted by atomic mass is 35.5. The van der Waals surface area contributed by atoms with Crippen LogP contribution < -0.4 is 5.32 Å². The van der Waals surface area contributed by atoms with Gasteiger partial charge in [0, 0.05) is 11.9 Å². The summed E-state index contributed by atoms with van der Waals surface area (Å²) in [7, 11) is 0. The average Bonchev–Trinajstić information content (AvgIpc) is 2.75. The molecule has 1 aromatic heterocycles. The fourth-order valence-corrected chi connectivity index (χ4v) is 1.91. The zero-order valence-corrected chi connectivity index (χ0v) is 12.0. The van der Waals surface area contributed by atoms with Gasteiger partial charge in [0.05, 0.1) is 5.02 Å². The predicted molar refractivity (Wildman–Crippen MR) is 78.9 cm³/mol. The molecule has 1 heterocycles. The first-order valence-corrected chi connectivity index (χ1v) is 6.50.